The molecule has 0 unspecified atom stereocenters. The molecule has 0 fully saturated rings. The molecule has 318 valence electrons. The zero-order chi connectivity index (χ0) is 44.9. The lowest BCUT2D eigenvalue weighted by molar-refractivity contribution is 0.660. The first-order valence-electron chi connectivity index (χ1n) is 23.2. The molecule has 0 spiro atoms. The second-order valence-corrected chi connectivity index (χ2v) is 18.2. The third-order valence-electron chi connectivity index (χ3n) is 13.8. The van der Waals surface area contributed by atoms with E-state index in [0.29, 0.717) is 0 Å². The zero-order valence-electron chi connectivity index (χ0n) is 37.6. The minimum atomic E-state index is -0.277. The Morgan fingerprint density at radius 3 is 1.24 bits per heavy atom. The second-order valence-electron chi connectivity index (χ2n) is 18.2. The fourth-order valence-electron chi connectivity index (χ4n) is 10.3. The number of nitrogens with zero attached hydrogens (tertiary/aromatic N) is 2. The highest BCUT2D eigenvalue weighted by Gasteiger charge is 2.37. The van der Waals surface area contributed by atoms with Gasteiger partial charge in [0.2, 0.25) is 0 Å². The molecule has 0 saturated heterocycles. The monoisotopic (exact) mass is 856 g/mol. The van der Waals surface area contributed by atoms with Crippen LogP contribution in [0.15, 0.2) is 255 Å². The van der Waals surface area contributed by atoms with E-state index in [2.05, 4.69) is 278 Å². The Balaban J connectivity index is 0.941. The van der Waals surface area contributed by atoms with Gasteiger partial charge in [-0.1, -0.05) is 196 Å². The molecule has 0 N–H and O–H groups in total. The van der Waals surface area contributed by atoms with Crippen LogP contribution in [0.1, 0.15) is 25.0 Å². The van der Waals surface area contributed by atoms with Crippen LogP contribution >= 0.6 is 0 Å². The number of hydrogen-bond acceptors (Lipinski definition) is 2. The van der Waals surface area contributed by atoms with Crippen molar-refractivity contribution in [2.24, 2.45) is 0 Å². The molecule has 0 saturated carbocycles. The van der Waals surface area contributed by atoms with Crippen LogP contribution in [0.4, 0.5) is 34.1 Å². The van der Waals surface area contributed by atoms with Gasteiger partial charge in [0.05, 0.1) is 5.69 Å². The molecule has 0 heterocycles. The Morgan fingerprint density at radius 1 is 0.269 bits per heavy atom. The van der Waals surface area contributed by atoms with Gasteiger partial charge >= 0.3 is 0 Å². The highest BCUT2D eigenvalue weighted by atomic mass is 15.1. The molecule has 0 aliphatic heterocycles. The molecule has 12 rings (SSSR count). The van der Waals surface area contributed by atoms with Crippen molar-refractivity contribution in [1.82, 2.24) is 0 Å². The van der Waals surface area contributed by atoms with Gasteiger partial charge in [-0.3, -0.25) is 0 Å². The van der Waals surface area contributed by atoms with E-state index >= 15 is 0 Å². The fourth-order valence-corrected chi connectivity index (χ4v) is 10.3. The Morgan fingerprint density at radius 2 is 0.672 bits per heavy atom. The van der Waals surface area contributed by atoms with E-state index < -0.39 is 0 Å². The number of benzene rings is 11. The lowest BCUT2D eigenvalue weighted by atomic mass is 9.82. The Hall–Kier alpha value is -8.46. The van der Waals surface area contributed by atoms with Crippen molar-refractivity contribution in [1.29, 1.82) is 0 Å². The molecule has 0 amide bonds. The molecular weight excluding hydrogens is 809 g/mol. The standard InChI is InChI=1S/C65H48N2/c1-65(2)62-43-57(66(54-32-26-48(27-33-54)45-14-5-3-6-15-45)55-34-28-49(29-35-55)46-16-7-4-8-17-46)38-40-60(62)61-41-39-58(44-63(61)65)67(64-23-13-21-51-19-11-12-22-59(51)64)56-36-30-50(31-37-56)53-25-24-47-18-9-10-20-52(47)42-53/h3-44H,1-2H3. The summed E-state index contributed by atoms with van der Waals surface area (Å²) in [4.78, 5) is 4.84. The summed E-state index contributed by atoms with van der Waals surface area (Å²) >= 11 is 0. The SMILES string of the molecule is CC1(C)c2cc(N(c3ccc(-c4ccccc4)cc3)c3ccc(-c4ccccc4)cc3)ccc2-c2ccc(N(c3ccc(-c4ccc5ccccc5c4)cc3)c3cccc4ccccc34)cc21. The minimum Gasteiger partial charge on any atom is -0.310 e. The van der Waals surface area contributed by atoms with E-state index in [0.717, 1.165) is 34.1 Å². The fraction of sp³-hybridized carbons (Fsp3) is 0.0462. The molecule has 67 heavy (non-hydrogen) atoms. The maximum atomic E-state index is 2.44. The van der Waals surface area contributed by atoms with Crippen LogP contribution < -0.4 is 9.80 Å². The van der Waals surface area contributed by atoms with Crippen LogP contribution in [0, 0.1) is 0 Å². The van der Waals surface area contributed by atoms with Crippen LogP contribution in [-0.4, -0.2) is 0 Å². The van der Waals surface area contributed by atoms with Gasteiger partial charge in [0.1, 0.15) is 0 Å². The molecule has 11 aromatic rings. The van der Waals surface area contributed by atoms with Crippen molar-refractivity contribution >= 4 is 55.7 Å². The molecule has 2 nitrogen and oxygen atoms in total. The topological polar surface area (TPSA) is 6.48 Å². The zero-order valence-corrected chi connectivity index (χ0v) is 37.6. The lowest BCUT2D eigenvalue weighted by Crippen LogP contribution is -2.17. The van der Waals surface area contributed by atoms with Gasteiger partial charge in [0.15, 0.2) is 0 Å². The van der Waals surface area contributed by atoms with Crippen LogP contribution in [0.25, 0.3) is 66.1 Å². The molecular formula is C65H48N2. The van der Waals surface area contributed by atoms with E-state index in [4.69, 9.17) is 0 Å². The molecule has 1 aliphatic carbocycles. The van der Waals surface area contributed by atoms with Crippen LogP contribution in [0.3, 0.4) is 0 Å². The average Bonchev–Trinajstić information content (AvgIpc) is 3.62. The summed E-state index contributed by atoms with van der Waals surface area (Å²) < 4.78 is 0. The summed E-state index contributed by atoms with van der Waals surface area (Å²) in [5, 5.41) is 4.93. The van der Waals surface area contributed by atoms with Crippen molar-refractivity contribution in [2.45, 2.75) is 19.3 Å². The summed E-state index contributed by atoms with van der Waals surface area (Å²) in [5.41, 5.74) is 18.9. The van der Waals surface area contributed by atoms with Gasteiger partial charge in [0.25, 0.3) is 0 Å². The predicted molar refractivity (Wildman–Crippen MR) is 285 cm³/mol. The maximum absolute atomic E-state index is 2.44. The molecule has 0 aromatic heterocycles. The Labute approximate surface area is 393 Å². The number of anilines is 6. The van der Waals surface area contributed by atoms with Crippen LogP contribution in [0.5, 0.6) is 0 Å². The minimum absolute atomic E-state index is 0.277. The summed E-state index contributed by atoms with van der Waals surface area (Å²) in [6.07, 6.45) is 0. The molecule has 0 atom stereocenters. The summed E-state index contributed by atoms with van der Waals surface area (Å²) in [6.45, 7) is 4.78. The summed E-state index contributed by atoms with van der Waals surface area (Å²) in [5.74, 6) is 0. The summed E-state index contributed by atoms with van der Waals surface area (Å²) in [6, 6.07) is 93.1. The van der Waals surface area contributed by atoms with Crippen molar-refractivity contribution in [3.8, 4) is 44.5 Å². The van der Waals surface area contributed by atoms with Gasteiger partial charge in [-0.2, -0.15) is 0 Å². The van der Waals surface area contributed by atoms with E-state index in [-0.39, 0.29) is 5.41 Å². The maximum Gasteiger partial charge on any atom is 0.0540 e. The molecule has 1 aliphatic rings. The van der Waals surface area contributed by atoms with E-state index in [9.17, 15) is 0 Å². The number of hydrogen-bond donors (Lipinski definition) is 0. The van der Waals surface area contributed by atoms with Gasteiger partial charge in [-0.15, -0.1) is 0 Å². The highest BCUT2D eigenvalue weighted by Crippen LogP contribution is 2.53. The third kappa shape index (κ3) is 7.24. The Bertz CT molecular complexity index is 3490. The molecule has 2 heteroatoms. The average molecular weight is 857 g/mol. The highest BCUT2D eigenvalue weighted by molar-refractivity contribution is 6.00. The molecule has 0 radical (unpaired) electrons. The van der Waals surface area contributed by atoms with Gasteiger partial charge in [0, 0.05) is 39.2 Å². The van der Waals surface area contributed by atoms with Gasteiger partial charge in [-0.25, -0.2) is 0 Å². The quantitative estimate of drug-likeness (QED) is 0.143. The smallest absolute Gasteiger partial charge is 0.0540 e. The lowest BCUT2D eigenvalue weighted by Gasteiger charge is -2.30. The van der Waals surface area contributed by atoms with Crippen molar-refractivity contribution in [3.63, 3.8) is 0 Å². The van der Waals surface area contributed by atoms with Crippen LogP contribution in [-0.2, 0) is 5.41 Å². The summed E-state index contributed by atoms with van der Waals surface area (Å²) in [7, 11) is 0. The van der Waals surface area contributed by atoms with E-state index in [1.807, 2.05) is 0 Å². The van der Waals surface area contributed by atoms with Crippen molar-refractivity contribution < 1.29 is 0 Å². The first-order chi connectivity index (χ1) is 33.0. The molecule has 11 aromatic carbocycles. The first kappa shape index (κ1) is 40.1. The predicted octanol–water partition coefficient (Wildman–Crippen LogP) is 18.2. The van der Waals surface area contributed by atoms with Gasteiger partial charge < -0.3 is 9.80 Å². The van der Waals surface area contributed by atoms with Crippen molar-refractivity contribution in [3.05, 3.63) is 266 Å². The second kappa shape index (κ2) is 16.5. The molecule has 0 bridgehead atoms. The van der Waals surface area contributed by atoms with E-state index in [1.54, 1.807) is 0 Å². The first-order valence-corrected chi connectivity index (χ1v) is 23.2. The Kier molecular flexibility index (Phi) is 9.88. The normalized spacial score (nSPS) is 12.4. The largest absolute Gasteiger partial charge is 0.310 e. The van der Waals surface area contributed by atoms with Crippen molar-refractivity contribution in [2.75, 3.05) is 9.80 Å². The van der Waals surface area contributed by atoms with Crippen LogP contribution in [0.2, 0.25) is 0 Å². The number of rotatable bonds is 9. The van der Waals surface area contributed by atoms with E-state index in [1.165, 1.54) is 77.2 Å². The number of fused-ring (bicyclic) bond motifs is 5. The van der Waals surface area contributed by atoms with Gasteiger partial charge in [-0.05, 0) is 145 Å². The third-order valence-corrected chi connectivity index (χ3v) is 13.8.